The molecule has 1 saturated heterocycles. The Labute approximate surface area is 143 Å². The minimum Gasteiger partial charge on any atom is -0.493 e. The lowest BCUT2D eigenvalue weighted by molar-refractivity contribution is 0.0209. The number of amides is 1. The van der Waals surface area contributed by atoms with Crippen molar-refractivity contribution in [2.75, 3.05) is 20.8 Å². The van der Waals surface area contributed by atoms with Crippen molar-refractivity contribution < 1.29 is 19.0 Å². The SMILES string of the molecule is COc1ccc2c(c1OC)CCC1[C@H]2CCN1C(=O)OC(C)(C)C. The minimum absolute atomic E-state index is 0.195. The van der Waals surface area contributed by atoms with Gasteiger partial charge in [0.15, 0.2) is 11.5 Å². The summed E-state index contributed by atoms with van der Waals surface area (Å²) in [6.07, 6.45) is 2.59. The van der Waals surface area contributed by atoms with Gasteiger partial charge < -0.3 is 19.1 Å². The van der Waals surface area contributed by atoms with E-state index in [0.717, 1.165) is 37.3 Å². The maximum atomic E-state index is 12.5. The standard InChI is InChI=1S/C19H27NO4/c1-19(2,3)24-18(21)20-11-10-13-12-7-9-16(22-4)17(23-5)14(12)6-8-15(13)20/h7,9,13,15H,6,8,10-11H2,1-5H3/t13-,15?/m0/s1. The first kappa shape index (κ1) is 16.9. The molecule has 1 unspecified atom stereocenters. The van der Waals surface area contributed by atoms with Crippen LogP contribution >= 0.6 is 0 Å². The van der Waals surface area contributed by atoms with Gasteiger partial charge in [-0.2, -0.15) is 0 Å². The summed E-state index contributed by atoms with van der Waals surface area (Å²) in [7, 11) is 3.35. The molecule has 5 nitrogen and oxygen atoms in total. The summed E-state index contributed by atoms with van der Waals surface area (Å²) in [6, 6.07) is 4.31. The molecule has 132 valence electrons. The fourth-order valence-corrected chi connectivity index (χ4v) is 4.02. The van der Waals surface area contributed by atoms with Crippen molar-refractivity contribution in [1.82, 2.24) is 4.90 Å². The normalized spacial score (nSPS) is 22.6. The summed E-state index contributed by atoms with van der Waals surface area (Å²) >= 11 is 0. The molecule has 0 aromatic heterocycles. The monoisotopic (exact) mass is 333 g/mol. The molecule has 0 saturated carbocycles. The second-order valence-corrected chi connectivity index (χ2v) is 7.54. The smallest absolute Gasteiger partial charge is 0.410 e. The molecule has 1 aliphatic heterocycles. The summed E-state index contributed by atoms with van der Waals surface area (Å²) in [5, 5.41) is 0. The van der Waals surface area contributed by atoms with Gasteiger partial charge in [-0.15, -0.1) is 0 Å². The van der Waals surface area contributed by atoms with Crippen molar-refractivity contribution in [1.29, 1.82) is 0 Å². The Morgan fingerprint density at radius 2 is 1.92 bits per heavy atom. The highest BCUT2D eigenvalue weighted by Gasteiger charge is 2.43. The molecule has 1 aliphatic carbocycles. The van der Waals surface area contributed by atoms with Crippen LogP contribution in [0.1, 0.15) is 50.7 Å². The van der Waals surface area contributed by atoms with Crippen LogP contribution < -0.4 is 9.47 Å². The Kier molecular flexibility index (Phi) is 4.37. The van der Waals surface area contributed by atoms with E-state index in [4.69, 9.17) is 14.2 Å². The van der Waals surface area contributed by atoms with Crippen molar-refractivity contribution in [3.8, 4) is 11.5 Å². The molecule has 24 heavy (non-hydrogen) atoms. The quantitative estimate of drug-likeness (QED) is 0.827. The van der Waals surface area contributed by atoms with E-state index in [1.165, 1.54) is 11.1 Å². The zero-order chi connectivity index (χ0) is 17.5. The second kappa shape index (κ2) is 6.19. The molecule has 3 rings (SSSR count). The van der Waals surface area contributed by atoms with Gasteiger partial charge in [0, 0.05) is 24.1 Å². The van der Waals surface area contributed by atoms with Crippen molar-refractivity contribution in [2.24, 2.45) is 0 Å². The van der Waals surface area contributed by atoms with E-state index < -0.39 is 5.60 Å². The number of ether oxygens (including phenoxy) is 3. The Morgan fingerprint density at radius 1 is 1.17 bits per heavy atom. The number of carbonyl (C=O) groups excluding carboxylic acids is 1. The van der Waals surface area contributed by atoms with Gasteiger partial charge in [0.25, 0.3) is 0 Å². The van der Waals surface area contributed by atoms with E-state index in [1.54, 1.807) is 14.2 Å². The maximum Gasteiger partial charge on any atom is 0.410 e. The molecule has 1 aromatic rings. The average Bonchev–Trinajstić information content (AvgIpc) is 2.96. The Hall–Kier alpha value is -1.91. The van der Waals surface area contributed by atoms with Gasteiger partial charge in [-0.1, -0.05) is 6.07 Å². The molecule has 2 atom stereocenters. The van der Waals surface area contributed by atoms with Crippen molar-refractivity contribution in [3.63, 3.8) is 0 Å². The number of nitrogens with zero attached hydrogens (tertiary/aromatic N) is 1. The Morgan fingerprint density at radius 3 is 2.54 bits per heavy atom. The molecule has 0 radical (unpaired) electrons. The van der Waals surface area contributed by atoms with Gasteiger partial charge in [0.05, 0.1) is 14.2 Å². The van der Waals surface area contributed by atoms with E-state index >= 15 is 0 Å². The first-order valence-electron chi connectivity index (χ1n) is 8.59. The maximum absolute atomic E-state index is 12.5. The Balaban J connectivity index is 1.87. The highest BCUT2D eigenvalue weighted by atomic mass is 16.6. The summed E-state index contributed by atoms with van der Waals surface area (Å²) < 4.78 is 16.6. The van der Waals surface area contributed by atoms with Gasteiger partial charge in [-0.3, -0.25) is 0 Å². The van der Waals surface area contributed by atoms with Crippen molar-refractivity contribution in [2.45, 2.75) is 57.6 Å². The van der Waals surface area contributed by atoms with Gasteiger partial charge in [0.2, 0.25) is 0 Å². The van der Waals surface area contributed by atoms with E-state index in [-0.39, 0.29) is 12.1 Å². The molecule has 1 fully saturated rings. The third-order valence-electron chi connectivity index (χ3n) is 4.95. The average molecular weight is 333 g/mol. The van der Waals surface area contributed by atoms with Crippen LogP contribution in [0.3, 0.4) is 0 Å². The number of rotatable bonds is 2. The first-order chi connectivity index (χ1) is 11.4. The molecule has 0 bridgehead atoms. The van der Waals surface area contributed by atoms with Crippen LogP contribution in [-0.2, 0) is 11.2 Å². The molecule has 1 aromatic carbocycles. The van der Waals surface area contributed by atoms with E-state index in [0.29, 0.717) is 5.92 Å². The lowest BCUT2D eigenvalue weighted by Crippen LogP contribution is -2.42. The number of hydrogen-bond donors (Lipinski definition) is 0. The van der Waals surface area contributed by atoms with Crippen LogP contribution in [0.2, 0.25) is 0 Å². The highest BCUT2D eigenvalue weighted by molar-refractivity contribution is 5.69. The predicted octanol–water partition coefficient (Wildman–Crippen LogP) is 3.74. The largest absolute Gasteiger partial charge is 0.493 e. The fraction of sp³-hybridized carbons (Fsp3) is 0.632. The number of carbonyl (C=O) groups is 1. The molecule has 1 heterocycles. The lowest BCUT2D eigenvalue weighted by Gasteiger charge is -2.35. The van der Waals surface area contributed by atoms with Gasteiger partial charge >= 0.3 is 6.09 Å². The minimum atomic E-state index is -0.460. The van der Waals surface area contributed by atoms with Gasteiger partial charge in [-0.05, 0) is 51.7 Å². The number of likely N-dealkylation sites (tertiary alicyclic amines) is 1. The number of methoxy groups -OCH3 is 2. The third kappa shape index (κ3) is 2.92. The molecule has 1 amide bonds. The van der Waals surface area contributed by atoms with E-state index in [2.05, 4.69) is 6.07 Å². The first-order valence-corrected chi connectivity index (χ1v) is 8.59. The van der Waals surface area contributed by atoms with Gasteiger partial charge in [0.1, 0.15) is 5.60 Å². The zero-order valence-corrected chi connectivity index (χ0v) is 15.2. The van der Waals surface area contributed by atoms with Crippen molar-refractivity contribution >= 4 is 6.09 Å². The van der Waals surface area contributed by atoms with Crippen LogP contribution in [0.25, 0.3) is 0 Å². The van der Waals surface area contributed by atoms with E-state index in [1.807, 2.05) is 31.7 Å². The molecule has 2 aliphatic rings. The molecular formula is C19H27NO4. The van der Waals surface area contributed by atoms with Gasteiger partial charge in [-0.25, -0.2) is 4.79 Å². The molecule has 5 heteroatoms. The van der Waals surface area contributed by atoms with E-state index in [9.17, 15) is 4.79 Å². The van der Waals surface area contributed by atoms with Crippen LogP contribution in [-0.4, -0.2) is 43.4 Å². The molecule has 0 spiro atoms. The summed E-state index contributed by atoms with van der Waals surface area (Å²) in [6.45, 7) is 6.47. The van der Waals surface area contributed by atoms with Crippen LogP contribution in [0.15, 0.2) is 12.1 Å². The Bertz CT molecular complexity index is 635. The summed E-state index contributed by atoms with van der Waals surface area (Å²) in [5.74, 6) is 1.96. The number of fused-ring (bicyclic) bond motifs is 3. The third-order valence-corrected chi connectivity index (χ3v) is 4.95. The number of hydrogen-bond acceptors (Lipinski definition) is 4. The van der Waals surface area contributed by atoms with Crippen LogP contribution in [0, 0.1) is 0 Å². The predicted molar refractivity (Wildman–Crippen MR) is 92.0 cm³/mol. The second-order valence-electron chi connectivity index (χ2n) is 7.54. The molecular weight excluding hydrogens is 306 g/mol. The zero-order valence-electron chi connectivity index (χ0n) is 15.2. The van der Waals surface area contributed by atoms with Crippen molar-refractivity contribution in [3.05, 3.63) is 23.3 Å². The molecule has 0 N–H and O–H groups in total. The number of benzene rings is 1. The lowest BCUT2D eigenvalue weighted by atomic mass is 9.79. The van der Waals surface area contributed by atoms with Crippen LogP contribution in [0.5, 0.6) is 11.5 Å². The fourth-order valence-electron chi connectivity index (χ4n) is 4.02. The summed E-state index contributed by atoms with van der Waals surface area (Å²) in [5.41, 5.74) is 2.05. The summed E-state index contributed by atoms with van der Waals surface area (Å²) in [4.78, 5) is 14.4. The van der Waals surface area contributed by atoms with Crippen LogP contribution in [0.4, 0.5) is 4.79 Å². The highest BCUT2D eigenvalue weighted by Crippen LogP contribution is 2.47. The topological polar surface area (TPSA) is 48.0 Å².